The van der Waals surface area contributed by atoms with Crippen LogP contribution in [-0.4, -0.2) is 24.0 Å². The number of carbonyl (C=O) groups is 1. The van der Waals surface area contributed by atoms with Crippen LogP contribution < -0.4 is 9.47 Å². The van der Waals surface area contributed by atoms with Crippen LogP contribution in [0.1, 0.15) is 44.6 Å². The highest BCUT2D eigenvalue weighted by Crippen LogP contribution is 2.38. The first-order chi connectivity index (χ1) is 14.1. The summed E-state index contributed by atoms with van der Waals surface area (Å²) in [5.41, 5.74) is 2.02. The molecule has 0 bridgehead atoms. The summed E-state index contributed by atoms with van der Waals surface area (Å²) < 4.78 is 47.1. The SMILES string of the molecule is CC(C)CC(C(=O)O)c1ccc(-c2ccc(OC(F)(F)F)cc2)c(OCC2CC2)c1. The molecule has 3 rings (SSSR count). The Labute approximate surface area is 173 Å². The van der Waals surface area contributed by atoms with E-state index in [1.165, 1.54) is 24.3 Å². The molecule has 1 fully saturated rings. The van der Waals surface area contributed by atoms with Crippen LogP contribution in [-0.2, 0) is 4.79 Å². The molecule has 1 atom stereocenters. The zero-order valence-electron chi connectivity index (χ0n) is 16.9. The van der Waals surface area contributed by atoms with Crippen molar-refractivity contribution in [2.45, 2.75) is 45.4 Å². The Morgan fingerprint density at radius 2 is 1.80 bits per heavy atom. The van der Waals surface area contributed by atoms with Crippen LogP contribution in [0, 0.1) is 11.8 Å². The van der Waals surface area contributed by atoms with Crippen LogP contribution >= 0.6 is 0 Å². The zero-order valence-corrected chi connectivity index (χ0v) is 16.9. The van der Waals surface area contributed by atoms with E-state index in [-0.39, 0.29) is 11.7 Å². The number of benzene rings is 2. The van der Waals surface area contributed by atoms with Crippen molar-refractivity contribution in [3.8, 4) is 22.6 Å². The second-order valence-corrected chi connectivity index (χ2v) is 8.10. The van der Waals surface area contributed by atoms with Gasteiger partial charge in [-0.15, -0.1) is 13.2 Å². The molecule has 2 aromatic rings. The third kappa shape index (κ3) is 6.15. The molecular weight excluding hydrogens is 397 g/mol. The predicted molar refractivity (Wildman–Crippen MR) is 107 cm³/mol. The van der Waals surface area contributed by atoms with E-state index in [2.05, 4.69) is 4.74 Å². The van der Waals surface area contributed by atoms with Gasteiger partial charge in [0.25, 0.3) is 0 Å². The van der Waals surface area contributed by atoms with Gasteiger partial charge in [0.15, 0.2) is 0 Å². The molecule has 4 nitrogen and oxygen atoms in total. The van der Waals surface area contributed by atoms with E-state index in [1.807, 2.05) is 13.8 Å². The Hall–Kier alpha value is -2.70. The second-order valence-electron chi connectivity index (χ2n) is 8.10. The highest BCUT2D eigenvalue weighted by molar-refractivity contribution is 5.78. The van der Waals surface area contributed by atoms with Gasteiger partial charge in [0.05, 0.1) is 12.5 Å². The van der Waals surface area contributed by atoms with Crippen molar-refractivity contribution in [2.75, 3.05) is 6.61 Å². The molecule has 0 saturated heterocycles. The quantitative estimate of drug-likeness (QED) is 0.519. The van der Waals surface area contributed by atoms with E-state index < -0.39 is 18.2 Å². The maximum atomic E-state index is 12.4. The molecule has 1 saturated carbocycles. The van der Waals surface area contributed by atoms with Gasteiger partial charge in [-0.25, -0.2) is 0 Å². The molecule has 1 unspecified atom stereocenters. The number of alkyl halides is 3. The van der Waals surface area contributed by atoms with Crippen molar-refractivity contribution in [3.05, 3.63) is 48.0 Å². The second kappa shape index (κ2) is 8.98. The molecule has 1 aliphatic rings. The largest absolute Gasteiger partial charge is 0.573 e. The summed E-state index contributed by atoms with van der Waals surface area (Å²) in [5.74, 6) is -0.592. The summed E-state index contributed by atoms with van der Waals surface area (Å²) in [4.78, 5) is 11.8. The Kier molecular flexibility index (Phi) is 6.58. The van der Waals surface area contributed by atoms with Crippen LogP contribution in [0.25, 0.3) is 11.1 Å². The first-order valence-corrected chi connectivity index (χ1v) is 9.98. The summed E-state index contributed by atoms with van der Waals surface area (Å²) in [7, 11) is 0. The van der Waals surface area contributed by atoms with Crippen molar-refractivity contribution in [1.29, 1.82) is 0 Å². The van der Waals surface area contributed by atoms with Gasteiger partial charge in [0.1, 0.15) is 11.5 Å². The third-order valence-corrected chi connectivity index (χ3v) is 4.98. The molecule has 162 valence electrons. The molecule has 7 heteroatoms. The number of rotatable bonds is 9. The van der Waals surface area contributed by atoms with Gasteiger partial charge in [0.2, 0.25) is 0 Å². The average Bonchev–Trinajstić information content (AvgIpc) is 3.48. The number of halogens is 3. The number of carboxylic acids is 1. The van der Waals surface area contributed by atoms with Crippen molar-refractivity contribution < 1.29 is 32.5 Å². The van der Waals surface area contributed by atoms with E-state index in [0.29, 0.717) is 41.4 Å². The lowest BCUT2D eigenvalue weighted by molar-refractivity contribution is -0.274. The summed E-state index contributed by atoms with van der Waals surface area (Å²) in [6, 6.07) is 10.8. The molecule has 0 radical (unpaired) electrons. The first kappa shape index (κ1) is 22.0. The zero-order chi connectivity index (χ0) is 21.9. The van der Waals surface area contributed by atoms with Gasteiger partial charge in [-0.2, -0.15) is 0 Å². The van der Waals surface area contributed by atoms with Crippen molar-refractivity contribution in [3.63, 3.8) is 0 Å². The lowest BCUT2D eigenvalue weighted by atomic mass is 9.89. The smallest absolute Gasteiger partial charge is 0.493 e. The van der Waals surface area contributed by atoms with Crippen molar-refractivity contribution in [2.24, 2.45) is 11.8 Å². The molecule has 0 amide bonds. The number of carboxylic acid groups (broad SMARTS) is 1. The third-order valence-electron chi connectivity index (χ3n) is 4.98. The summed E-state index contributed by atoms with van der Waals surface area (Å²) in [6.45, 7) is 4.48. The van der Waals surface area contributed by atoms with Crippen LogP contribution in [0.2, 0.25) is 0 Å². The monoisotopic (exact) mass is 422 g/mol. The standard InChI is InChI=1S/C23H25F3O4/c1-14(2)11-20(22(27)28)17-7-10-19(21(12-17)29-13-15-3-4-15)16-5-8-18(9-6-16)30-23(24,25)26/h5-10,12,14-15,20H,3-4,11,13H2,1-2H3,(H,27,28). The van der Waals surface area contributed by atoms with Gasteiger partial charge >= 0.3 is 12.3 Å². The number of hydrogen-bond donors (Lipinski definition) is 1. The summed E-state index contributed by atoms with van der Waals surface area (Å²) >= 11 is 0. The number of hydrogen-bond acceptors (Lipinski definition) is 3. The summed E-state index contributed by atoms with van der Waals surface area (Å²) in [5, 5.41) is 9.66. The number of ether oxygens (including phenoxy) is 2. The lowest BCUT2D eigenvalue weighted by Crippen LogP contribution is -2.16. The van der Waals surface area contributed by atoms with E-state index >= 15 is 0 Å². The molecule has 1 N–H and O–H groups in total. The molecule has 0 aliphatic heterocycles. The van der Waals surface area contributed by atoms with Crippen LogP contribution in [0.3, 0.4) is 0 Å². The van der Waals surface area contributed by atoms with Gasteiger partial charge < -0.3 is 14.6 Å². The van der Waals surface area contributed by atoms with E-state index in [4.69, 9.17) is 4.74 Å². The maximum Gasteiger partial charge on any atom is 0.573 e. The predicted octanol–water partition coefficient (Wildman–Crippen LogP) is 6.26. The normalized spacial score (nSPS) is 15.1. The fourth-order valence-corrected chi connectivity index (χ4v) is 3.29. The highest BCUT2D eigenvalue weighted by Gasteiger charge is 2.31. The number of aliphatic carboxylic acids is 1. The Morgan fingerprint density at radius 1 is 1.13 bits per heavy atom. The van der Waals surface area contributed by atoms with Crippen LogP contribution in [0.15, 0.2) is 42.5 Å². The van der Waals surface area contributed by atoms with Gasteiger partial charge in [-0.1, -0.05) is 38.1 Å². The van der Waals surface area contributed by atoms with Gasteiger partial charge in [-0.05, 0) is 60.4 Å². The Morgan fingerprint density at radius 3 is 2.33 bits per heavy atom. The first-order valence-electron chi connectivity index (χ1n) is 9.98. The minimum atomic E-state index is -4.75. The van der Waals surface area contributed by atoms with Crippen LogP contribution in [0.4, 0.5) is 13.2 Å². The van der Waals surface area contributed by atoms with Gasteiger partial charge in [-0.3, -0.25) is 4.79 Å². The van der Waals surface area contributed by atoms with Crippen LogP contribution in [0.5, 0.6) is 11.5 Å². The average molecular weight is 422 g/mol. The molecular formula is C23H25F3O4. The molecule has 30 heavy (non-hydrogen) atoms. The fourth-order valence-electron chi connectivity index (χ4n) is 3.29. The lowest BCUT2D eigenvalue weighted by Gasteiger charge is -2.19. The molecule has 2 aromatic carbocycles. The van der Waals surface area contributed by atoms with E-state index in [9.17, 15) is 23.1 Å². The highest BCUT2D eigenvalue weighted by atomic mass is 19.4. The summed E-state index contributed by atoms with van der Waals surface area (Å²) in [6.07, 6.45) is -2.04. The Bertz CT molecular complexity index is 871. The maximum absolute atomic E-state index is 12.4. The molecule has 0 spiro atoms. The van der Waals surface area contributed by atoms with E-state index in [1.54, 1.807) is 18.2 Å². The molecule has 1 aliphatic carbocycles. The topological polar surface area (TPSA) is 55.8 Å². The Balaban J connectivity index is 1.91. The fraction of sp³-hybridized carbons (Fsp3) is 0.435. The van der Waals surface area contributed by atoms with E-state index in [0.717, 1.165) is 12.8 Å². The minimum absolute atomic E-state index is 0.211. The van der Waals surface area contributed by atoms with Crippen molar-refractivity contribution in [1.82, 2.24) is 0 Å². The molecule has 0 heterocycles. The molecule has 0 aromatic heterocycles. The van der Waals surface area contributed by atoms with Crippen molar-refractivity contribution >= 4 is 5.97 Å². The van der Waals surface area contributed by atoms with Gasteiger partial charge in [0, 0.05) is 5.56 Å². The minimum Gasteiger partial charge on any atom is -0.493 e.